The maximum Gasteiger partial charge on any atom is 0.416 e. The highest BCUT2D eigenvalue weighted by atomic mass is 19.4. The van der Waals surface area contributed by atoms with Crippen LogP contribution in [0.5, 0.6) is 0 Å². The number of alkyl halides is 3. The first-order chi connectivity index (χ1) is 11.6. The maximum atomic E-state index is 13.9. The molecule has 1 aromatic heterocycles. The quantitative estimate of drug-likeness (QED) is 0.365. The second-order valence-electron chi connectivity index (χ2n) is 5.35. The highest BCUT2D eigenvalue weighted by Crippen LogP contribution is 2.30. The molecule has 1 aromatic carbocycles. The van der Waals surface area contributed by atoms with Gasteiger partial charge in [-0.1, -0.05) is 0 Å². The maximum absolute atomic E-state index is 13.9. The highest BCUT2D eigenvalue weighted by molar-refractivity contribution is 5.57. The van der Waals surface area contributed by atoms with E-state index < -0.39 is 28.8 Å². The monoisotopic (exact) mass is 357 g/mol. The zero-order valence-electron chi connectivity index (χ0n) is 13.6. The van der Waals surface area contributed by atoms with Gasteiger partial charge in [0.15, 0.2) is 0 Å². The van der Waals surface area contributed by atoms with Crippen LogP contribution < -0.4 is 10.6 Å². The van der Waals surface area contributed by atoms with Crippen molar-refractivity contribution in [1.29, 1.82) is 0 Å². The van der Waals surface area contributed by atoms with E-state index in [4.69, 9.17) is 0 Å². The average Bonchev–Trinajstić information content (AvgIpc) is 2.52. The molecule has 0 amide bonds. The molecule has 0 N–H and O–H groups in total. The predicted octanol–water partition coefficient (Wildman–Crippen LogP) is 2.33. The summed E-state index contributed by atoms with van der Waals surface area (Å²) in [6, 6.07) is 2.88. The number of anilines is 1. The Morgan fingerprint density at radius 3 is 2.44 bits per heavy atom. The minimum absolute atomic E-state index is 0.298. The molecule has 2 aromatic rings. The van der Waals surface area contributed by atoms with Crippen LogP contribution in [0, 0.1) is 5.82 Å². The van der Waals surface area contributed by atoms with E-state index in [1.807, 2.05) is 0 Å². The van der Waals surface area contributed by atoms with Crippen LogP contribution in [-0.2, 0) is 6.18 Å². The van der Waals surface area contributed by atoms with Crippen molar-refractivity contribution in [2.75, 3.05) is 26.2 Å². The number of rotatable bonds is 4. The molecule has 2 rings (SSSR count). The minimum Gasteiger partial charge on any atom is -0.367 e. The molecule has 0 saturated heterocycles. The Hall–Kier alpha value is -2.91. The number of aromatic nitrogens is 2. The van der Waals surface area contributed by atoms with E-state index in [2.05, 4.69) is 10.2 Å². The third kappa shape index (κ3) is 4.34. The number of hydrogen-bond acceptors (Lipinski definition) is 4. The van der Waals surface area contributed by atoms with E-state index in [1.165, 1.54) is 17.5 Å². The molecule has 0 spiro atoms. The van der Waals surface area contributed by atoms with Crippen molar-refractivity contribution >= 4 is 12.0 Å². The van der Waals surface area contributed by atoms with Crippen LogP contribution in [0.3, 0.4) is 0 Å². The second-order valence-corrected chi connectivity index (χ2v) is 5.35. The molecule has 0 aliphatic carbocycles. The lowest BCUT2D eigenvalue weighted by molar-refractivity contribution is -0.137. The highest BCUT2D eigenvalue weighted by Gasteiger charge is 2.31. The molecular weight excluding hydrogens is 342 g/mol. The Morgan fingerprint density at radius 1 is 1.20 bits per heavy atom. The summed E-state index contributed by atoms with van der Waals surface area (Å²) in [7, 11) is 5.07. The van der Waals surface area contributed by atoms with Gasteiger partial charge in [-0.05, 0) is 18.2 Å². The third-order valence-corrected chi connectivity index (χ3v) is 3.12. The number of halogens is 4. The van der Waals surface area contributed by atoms with Crippen LogP contribution in [0.4, 0.5) is 23.2 Å². The smallest absolute Gasteiger partial charge is 0.367 e. The second kappa shape index (κ2) is 6.91. The standard InChI is InChI=1S/C15H15F4N5O/c1-22(2)9-21-23(3)11-7-14(25)24(20-8-11)13-6-10(15(17,18)19)4-5-12(13)16/h4-9H,1-3H3. The van der Waals surface area contributed by atoms with Crippen LogP contribution in [0.1, 0.15) is 5.56 Å². The number of nitrogens with zero attached hydrogens (tertiary/aromatic N) is 5. The van der Waals surface area contributed by atoms with Gasteiger partial charge in [-0.25, -0.2) is 4.39 Å². The summed E-state index contributed by atoms with van der Waals surface area (Å²) in [6.45, 7) is 0. The summed E-state index contributed by atoms with van der Waals surface area (Å²) in [5.41, 5.74) is -2.14. The van der Waals surface area contributed by atoms with Crippen molar-refractivity contribution in [3.05, 3.63) is 52.2 Å². The molecule has 6 nitrogen and oxygen atoms in total. The predicted molar refractivity (Wildman–Crippen MR) is 85.4 cm³/mol. The van der Waals surface area contributed by atoms with E-state index in [0.29, 0.717) is 28.6 Å². The van der Waals surface area contributed by atoms with Gasteiger partial charge in [-0.2, -0.15) is 28.1 Å². The van der Waals surface area contributed by atoms with E-state index in [1.54, 1.807) is 26.0 Å². The summed E-state index contributed by atoms with van der Waals surface area (Å²) < 4.78 is 52.8. The van der Waals surface area contributed by atoms with Crippen LogP contribution in [0.25, 0.3) is 5.69 Å². The first-order valence-electron chi connectivity index (χ1n) is 7.00. The van der Waals surface area contributed by atoms with Crippen molar-refractivity contribution in [3.63, 3.8) is 0 Å². The normalized spacial score (nSPS) is 11.8. The van der Waals surface area contributed by atoms with Gasteiger partial charge in [0.2, 0.25) is 0 Å². The van der Waals surface area contributed by atoms with Crippen molar-refractivity contribution in [2.24, 2.45) is 5.10 Å². The van der Waals surface area contributed by atoms with Gasteiger partial charge in [0, 0.05) is 27.2 Å². The number of benzene rings is 1. The fourth-order valence-corrected chi connectivity index (χ4v) is 1.86. The van der Waals surface area contributed by atoms with E-state index in [0.717, 1.165) is 6.07 Å². The molecule has 0 fully saturated rings. The summed E-state index contributed by atoms with van der Waals surface area (Å²) in [5, 5.41) is 9.12. The first-order valence-corrected chi connectivity index (χ1v) is 7.00. The van der Waals surface area contributed by atoms with Gasteiger partial charge in [0.1, 0.15) is 17.8 Å². The van der Waals surface area contributed by atoms with Crippen molar-refractivity contribution in [2.45, 2.75) is 6.18 Å². The largest absolute Gasteiger partial charge is 0.416 e. The third-order valence-electron chi connectivity index (χ3n) is 3.12. The van der Waals surface area contributed by atoms with Gasteiger partial charge >= 0.3 is 6.18 Å². The SMILES string of the molecule is CN(C)C=NN(C)c1cnn(-c2cc(C(F)(F)F)ccc2F)c(=O)c1. The Bertz CT molecular complexity index is 845. The average molecular weight is 357 g/mol. The Morgan fingerprint density at radius 2 is 1.88 bits per heavy atom. The lowest BCUT2D eigenvalue weighted by Crippen LogP contribution is -2.24. The minimum atomic E-state index is -4.66. The topological polar surface area (TPSA) is 53.7 Å². The summed E-state index contributed by atoms with van der Waals surface area (Å²) in [4.78, 5) is 13.8. The molecule has 0 aliphatic heterocycles. The van der Waals surface area contributed by atoms with Crippen LogP contribution >= 0.6 is 0 Å². The van der Waals surface area contributed by atoms with Gasteiger partial charge in [0.25, 0.3) is 5.56 Å². The van der Waals surface area contributed by atoms with Crippen molar-refractivity contribution < 1.29 is 17.6 Å². The zero-order chi connectivity index (χ0) is 18.8. The van der Waals surface area contributed by atoms with Gasteiger partial charge in [-0.3, -0.25) is 9.80 Å². The van der Waals surface area contributed by atoms with Crippen LogP contribution in [0.15, 0.2) is 40.4 Å². The first kappa shape index (κ1) is 18.4. The summed E-state index contributed by atoms with van der Waals surface area (Å²) >= 11 is 0. The molecule has 0 unspecified atom stereocenters. The fourth-order valence-electron chi connectivity index (χ4n) is 1.86. The lowest BCUT2D eigenvalue weighted by Gasteiger charge is -2.15. The summed E-state index contributed by atoms with van der Waals surface area (Å²) in [6.07, 6.45) is -1.97. The number of hydrazone groups is 1. The molecular formula is C15H15F4N5O. The van der Waals surface area contributed by atoms with E-state index in [-0.39, 0.29) is 0 Å². The Kier molecular flexibility index (Phi) is 5.10. The molecule has 25 heavy (non-hydrogen) atoms. The van der Waals surface area contributed by atoms with Crippen molar-refractivity contribution in [3.8, 4) is 5.69 Å². The lowest BCUT2D eigenvalue weighted by atomic mass is 10.2. The molecule has 0 aliphatic rings. The number of hydrogen-bond donors (Lipinski definition) is 0. The summed E-state index contributed by atoms with van der Waals surface area (Å²) in [5.74, 6) is -0.991. The van der Waals surface area contributed by atoms with E-state index >= 15 is 0 Å². The molecule has 134 valence electrons. The van der Waals surface area contributed by atoms with Crippen molar-refractivity contribution in [1.82, 2.24) is 14.7 Å². The molecule has 0 saturated carbocycles. The van der Waals surface area contributed by atoms with Crippen LogP contribution in [-0.4, -0.2) is 42.2 Å². The van der Waals surface area contributed by atoms with Crippen LogP contribution in [0.2, 0.25) is 0 Å². The molecule has 10 heteroatoms. The van der Waals surface area contributed by atoms with Gasteiger partial charge in [0.05, 0.1) is 17.4 Å². The van der Waals surface area contributed by atoms with E-state index in [9.17, 15) is 22.4 Å². The molecule has 0 atom stereocenters. The zero-order valence-corrected chi connectivity index (χ0v) is 13.6. The fraction of sp³-hybridized carbons (Fsp3) is 0.267. The molecule has 0 radical (unpaired) electrons. The van der Waals surface area contributed by atoms with Gasteiger partial charge in [-0.15, -0.1) is 0 Å². The Balaban J connectivity index is 2.44. The molecule has 1 heterocycles. The van der Waals surface area contributed by atoms with Gasteiger partial charge < -0.3 is 4.90 Å². The molecule has 0 bridgehead atoms. The Labute approximate surface area is 140 Å².